The topological polar surface area (TPSA) is 18.5 Å². The summed E-state index contributed by atoms with van der Waals surface area (Å²) in [5.41, 5.74) is 0. The van der Waals surface area contributed by atoms with Crippen LogP contribution in [0.15, 0.2) is 18.2 Å². The van der Waals surface area contributed by atoms with Crippen molar-refractivity contribution in [1.29, 1.82) is 0 Å². The number of hydrogen-bond donors (Lipinski definition) is 0. The highest BCUT2D eigenvalue weighted by Gasteiger charge is 2.02. The molecule has 0 bridgehead atoms. The van der Waals surface area contributed by atoms with Crippen molar-refractivity contribution in [1.82, 2.24) is 0 Å². The maximum atomic E-state index is 5.09. The molecule has 60 valence electrons. The van der Waals surface area contributed by atoms with Crippen LogP contribution in [-0.4, -0.2) is 14.2 Å². The summed E-state index contributed by atoms with van der Waals surface area (Å²) in [4.78, 5) is 0. The minimum Gasteiger partial charge on any atom is -0.496 e. The minimum atomic E-state index is 0.828. The second-order valence-corrected chi connectivity index (χ2v) is 2.65. The third-order valence-corrected chi connectivity index (χ3v) is 2.03. The maximum absolute atomic E-state index is 5.09. The number of benzene rings is 1. The molecule has 0 saturated carbocycles. The number of ether oxygens (including phenoxy) is 2. The zero-order valence-electron chi connectivity index (χ0n) is 6.63. The molecule has 0 aliphatic rings. The van der Waals surface area contributed by atoms with Gasteiger partial charge in [0.15, 0.2) is 0 Å². The predicted octanol–water partition coefficient (Wildman–Crippen LogP) is 1.20. The summed E-state index contributed by atoms with van der Waals surface area (Å²) < 4.78 is 10.2. The van der Waals surface area contributed by atoms with Gasteiger partial charge in [0, 0.05) is 0 Å². The third-order valence-electron chi connectivity index (χ3n) is 1.47. The second-order valence-electron chi connectivity index (χ2n) is 2.08. The molecule has 0 aliphatic carbocycles. The molecule has 1 atom stereocenters. The van der Waals surface area contributed by atoms with Crippen molar-refractivity contribution >= 4 is 14.5 Å². The van der Waals surface area contributed by atoms with E-state index in [4.69, 9.17) is 9.47 Å². The van der Waals surface area contributed by atoms with Gasteiger partial charge in [0.05, 0.1) is 19.5 Å². The molecule has 2 nitrogen and oxygen atoms in total. The fourth-order valence-corrected chi connectivity index (χ4v) is 1.31. The Bertz CT molecular complexity index is 226. The van der Waals surface area contributed by atoms with Crippen molar-refractivity contribution in [2.24, 2.45) is 0 Å². The summed E-state index contributed by atoms with van der Waals surface area (Å²) >= 11 is 0. The van der Waals surface area contributed by atoms with Crippen molar-refractivity contribution < 1.29 is 9.47 Å². The molecule has 1 aromatic rings. The van der Waals surface area contributed by atoms with Crippen LogP contribution in [0.3, 0.4) is 0 Å². The lowest BCUT2D eigenvalue weighted by Gasteiger charge is -2.07. The van der Waals surface area contributed by atoms with Gasteiger partial charge in [0.2, 0.25) is 0 Å². The van der Waals surface area contributed by atoms with E-state index in [1.54, 1.807) is 14.2 Å². The van der Waals surface area contributed by atoms with Crippen LogP contribution < -0.4 is 14.8 Å². The summed E-state index contributed by atoms with van der Waals surface area (Å²) in [5, 5.41) is 0.956. The molecule has 1 rings (SSSR count). The standard InChI is InChI=1S/C8H11O2P/c1-9-6-4-3-5-7(10-2)8(6)11/h3-5H,11H2,1-2H3. The van der Waals surface area contributed by atoms with E-state index in [1.165, 1.54) is 0 Å². The molecule has 1 aromatic carbocycles. The van der Waals surface area contributed by atoms with Crippen molar-refractivity contribution in [2.75, 3.05) is 14.2 Å². The minimum absolute atomic E-state index is 0.828. The first-order chi connectivity index (χ1) is 5.29. The van der Waals surface area contributed by atoms with E-state index in [0.29, 0.717) is 0 Å². The Hall–Kier alpha value is -0.750. The van der Waals surface area contributed by atoms with E-state index >= 15 is 0 Å². The normalized spacial score (nSPS) is 9.36. The molecule has 0 amide bonds. The number of hydrogen-bond acceptors (Lipinski definition) is 2. The van der Waals surface area contributed by atoms with E-state index in [-0.39, 0.29) is 0 Å². The van der Waals surface area contributed by atoms with E-state index in [0.717, 1.165) is 16.8 Å². The predicted molar refractivity (Wildman–Crippen MR) is 48.9 cm³/mol. The van der Waals surface area contributed by atoms with Gasteiger partial charge in [-0.3, -0.25) is 0 Å². The van der Waals surface area contributed by atoms with E-state index in [2.05, 4.69) is 9.24 Å². The van der Waals surface area contributed by atoms with Crippen LogP contribution in [0.4, 0.5) is 0 Å². The molecule has 0 aliphatic heterocycles. The molecular weight excluding hydrogens is 159 g/mol. The van der Waals surface area contributed by atoms with Gasteiger partial charge < -0.3 is 9.47 Å². The SMILES string of the molecule is COc1cccc(OC)c1P. The lowest BCUT2D eigenvalue weighted by molar-refractivity contribution is 0.401. The van der Waals surface area contributed by atoms with Crippen molar-refractivity contribution in [3.05, 3.63) is 18.2 Å². The summed E-state index contributed by atoms with van der Waals surface area (Å²) in [5.74, 6) is 1.66. The fraction of sp³-hybridized carbons (Fsp3) is 0.250. The Labute approximate surface area is 68.7 Å². The highest BCUT2D eigenvalue weighted by molar-refractivity contribution is 7.28. The van der Waals surface area contributed by atoms with Gasteiger partial charge in [-0.15, -0.1) is 0 Å². The first-order valence-corrected chi connectivity index (χ1v) is 3.83. The quantitative estimate of drug-likeness (QED) is 0.621. The molecule has 0 N–H and O–H groups in total. The highest BCUT2D eigenvalue weighted by atomic mass is 31.0. The Morgan fingerprint density at radius 3 is 1.91 bits per heavy atom. The van der Waals surface area contributed by atoms with Gasteiger partial charge in [-0.1, -0.05) is 15.3 Å². The van der Waals surface area contributed by atoms with Crippen LogP contribution in [0.25, 0.3) is 0 Å². The molecule has 0 aromatic heterocycles. The number of rotatable bonds is 2. The Balaban J connectivity index is 3.10. The van der Waals surface area contributed by atoms with E-state index < -0.39 is 0 Å². The highest BCUT2D eigenvalue weighted by Crippen LogP contribution is 2.18. The molecule has 0 heterocycles. The van der Waals surface area contributed by atoms with Gasteiger partial charge in [-0.05, 0) is 12.1 Å². The fourth-order valence-electron chi connectivity index (χ4n) is 0.880. The van der Waals surface area contributed by atoms with Crippen molar-refractivity contribution in [3.8, 4) is 11.5 Å². The molecule has 0 spiro atoms. The third kappa shape index (κ3) is 1.63. The molecule has 1 unspecified atom stereocenters. The molecule has 11 heavy (non-hydrogen) atoms. The maximum Gasteiger partial charge on any atom is 0.129 e. The second kappa shape index (κ2) is 3.59. The summed E-state index contributed by atoms with van der Waals surface area (Å²) in [6, 6.07) is 5.68. The van der Waals surface area contributed by atoms with Crippen LogP contribution in [-0.2, 0) is 0 Å². The Morgan fingerprint density at radius 1 is 1.09 bits per heavy atom. The van der Waals surface area contributed by atoms with Crippen LogP contribution in [0, 0.1) is 0 Å². The smallest absolute Gasteiger partial charge is 0.129 e. The molecule has 0 fully saturated rings. The van der Waals surface area contributed by atoms with Crippen LogP contribution in [0.1, 0.15) is 0 Å². The van der Waals surface area contributed by atoms with Crippen LogP contribution in [0.2, 0.25) is 0 Å². The van der Waals surface area contributed by atoms with Crippen molar-refractivity contribution in [3.63, 3.8) is 0 Å². The van der Waals surface area contributed by atoms with Gasteiger partial charge in [0.25, 0.3) is 0 Å². The first kappa shape index (κ1) is 8.35. The van der Waals surface area contributed by atoms with Crippen LogP contribution >= 0.6 is 9.24 Å². The Kier molecular flexibility index (Phi) is 2.72. The van der Waals surface area contributed by atoms with E-state index in [1.807, 2.05) is 18.2 Å². The largest absolute Gasteiger partial charge is 0.496 e. The monoisotopic (exact) mass is 170 g/mol. The lowest BCUT2D eigenvalue weighted by Crippen LogP contribution is -2.02. The van der Waals surface area contributed by atoms with Gasteiger partial charge in [0.1, 0.15) is 11.5 Å². The van der Waals surface area contributed by atoms with Gasteiger partial charge >= 0.3 is 0 Å². The number of methoxy groups -OCH3 is 2. The molecule has 0 radical (unpaired) electrons. The van der Waals surface area contributed by atoms with E-state index in [9.17, 15) is 0 Å². The Morgan fingerprint density at radius 2 is 1.55 bits per heavy atom. The zero-order chi connectivity index (χ0) is 8.27. The van der Waals surface area contributed by atoms with Gasteiger partial charge in [-0.2, -0.15) is 0 Å². The van der Waals surface area contributed by atoms with Gasteiger partial charge in [-0.25, -0.2) is 0 Å². The zero-order valence-corrected chi connectivity index (χ0v) is 7.78. The average molecular weight is 170 g/mol. The summed E-state index contributed by atoms with van der Waals surface area (Å²) in [6.45, 7) is 0. The first-order valence-electron chi connectivity index (χ1n) is 3.26. The summed E-state index contributed by atoms with van der Waals surface area (Å²) in [7, 11) is 5.87. The molecule has 0 saturated heterocycles. The van der Waals surface area contributed by atoms with Crippen molar-refractivity contribution in [2.45, 2.75) is 0 Å². The summed E-state index contributed by atoms with van der Waals surface area (Å²) in [6.07, 6.45) is 0. The lowest BCUT2D eigenvalue weighted by atomic mass is 10.3. The average Bonchev–Trinajstić information content (AvgIpc) is 2.05. The molecular formula is C8H11O2P. The van der Waals surface area contributed by atoms with Crippen LogP contribution in [0.5, 0.6) is 11.5 Å². The molecule has 3 heteroatoms.